The van der Waals surface area contributed by atoms with Crippen LogP contribution in [-0.4, -0.2) is 46.9 Å². The topological polar surface area (TPSA) is 105 Å². The Bertz CT molecular complexity index is 877. The standard InChI is InChI=1S/C18H28N4O4S/c1-5-19-18(20-10-11-21-27(4,23)24)22-13(3)16-12-14-8-7-9-15(25-6-2)17(14)26-16/h7-9,12-13,21H,5-6,10-11H2,1-4H3,(H2,19,20,22). The van der Waals surface area contributed by atoms with Gasteiger partial charge >= 0.3 is 0 Å². The molecule has 1 atom stereocenters. The third-order valence-corrected chi connectivity index (χ3v) is 4.43. The summed E-state index contributed by atoms with van der Waals surface area (Å²) in [6.07, 6.45) is 1.13. The maximum atomic E-state index is 11.1. The molecule has 0 fully saturated rings. The quantitative estimate of drug-likeness (QED) is 0.340. The molecule has 0 spiro atoms. The summed E-state index contributed by atoms with van der Waals surface area (Å²) >= 11 is 0. The van der Waals surface area contributed by atoms with Crippen molar-refractivity contribution in [3.05, 3.63) is 30.0 Å². The molecule has 2 rings (SSSR count). The molecule has 1 unspecified atom stereocenters. The van der Waals surface area contributed by atoms with Crippen LogP contribution in [0.25, 0.3) is 11.0 Å². The van der Waals surface area contributed by atoms with E-state index in [1.165, 1.54) is 0 Å². The number of furan rings is 1. The van der Waals surface area contributed by atoms with Crippen LogP contribution < -0.4 is 20.1 Å². The number of sulfonamides is 1. The number of benzene rings is 1. The maximum Gasteiger partial charge on any atom is 0.208 e. The van der Waals surface area contributed by atoms with Gasteiger partial charge in [0.1, 0.15) is 5.76 Å². The first-order valence-electron chi connectivity index (χ1n) is 8.98. The van der Waals surface area contributed by atoms with Crippen molar-refractivity contribution in [3.63, 3.8) is 0 Å². The fourth-order valence-corrected chi connectivity index (χ4v) is 3.00. The van der Waals surface area contributed by atoms with E-state index < -0.39 is 10.0 Å². The number of para-hydroxylation sites is 1. The minimum absolute atomic E-state index is 0.132. The van der Waals surface area contributed by atoms with Gasteiger partial charge in [0.05, 0.1) is 25.4 Å². The molecule has 1 heterocycles. The molecule has 0 aliphatic carbocycles. The molecule has 3 N–H and O–H groups in total. The number of nitrogens with one attached hydrogen (secondary N) is 3. The monoisotopic (exact) mass is 396 g/mol. The van der Waals surface area contributed by atoms with E-state index in [1.807, 2.05) is 45.0 Å². The van der Waals surface area contributed by atoms with E-state index in [-0.39, 0.29) is 12.6 Å². The van der Waals surface area contributed by atoms with Gasteiger partial charge in [-0.2, -0.15) is 0 Å². The number of guanidine groups is 1. The summed E-state index contributed by atoms with van der Waals surface area (Å²) in [5, 5.41) is 7.39. The van der Waals surface area contributed by atoms with Gasteiger partial charge in [0, 0.05) is 18.5 Å². The van der Waals surface area contributed by atoms with Gasteiger partial charge in [-0.15, -0.1) is 0 Å². The van der Waals surface area contributed by atoms with Crippen LogP contribution in [0, 0.1) is 0 Å². The highest BCUT2D eigenvalue weighted by Crippen LogP contribution is 2.31. The molecule has 150 valence electrons. The molecule has 1 aromatic heterocycles. The van der Waals surface area contributed by atoms with Gasteiger partial charge in [-0.3, -0.25) is 4.99 Å². The van der Waals surface area contributed by atoms with Crippen molar-refractivity contribution in [1.29, 1.82) is 0 Å². The lowest BCUT2D eigenvalue weighted by atomic mass is 10.2. The number of hydrogen-bond donors (Lipinski definition) is 3. The Morgan fingerprint density at radius 3 is 2.78 bits per heavy atom. The second-order valence-corrected chi connectivity index (χ2v) is 7.88. The first kappa shape index (κ1) is 21.0. The zero-order valence-corrected chi connectivity index (χ0v) is 17.0. The molecular formula is C18H28N4O4S. The minimum atomic E-state index is -3.21. The molecule has 0 amide bonds. The zero-order chi connectivity index (χ0) is 19.9. The first-order valence-corrected chi connectivity index (χ1v) is 10.9. The Balaban J connectivity index is 2.09. The number of aliphatic imine (C=N–C) groups is 1. The molecule has 0 aliphatic heterocycles. The van der Waals surface area contributed by atoms with E-state index in [2.05, 4.69) is 20.3 Å². The lowest BCUT2D eigenvalue weighted by Gasteiger charge is -2.16. The Hall–Kier alpha value is -2.26. The van der Waals surface area contributed by atoms with Crippen LogP contribution in [0.4, 0.5) is 0 Å². The van der Waals surface area contributed by atoms with Crippen LogP contribution in [0.15, 0.2) is 33.7 Å². The van der Waals surface area contributed by atoms with Crippen molar-refractivity contribution >= 4 is 27.0 Å². The van der Waals surface area contributed by atoms with Crippen LogP contribution in [0.5, 0.6) is 5.75 Å². The number of rotatable bonds is 9. The fourth-order valence-electron chi connectivity index (χ4n) is 2.53. The van der Waals surface area contributed by atoms with Crippen molar-refractivity contribution in [2.75, 3.05) is 32.5 Å². The lowest BCUT2D eigenvalue weighted by molar-refractivity contribution is 0.336. The van der Waals surface area contributed by atoms with Gasteiger partial charge in [0.15, 0.2) is 17.3 Å². The molecule has 8 nitrogen and oxygen atoms in total. The highest BCUT2D eigenvalue weighted by atomic mass is 32.2. The van der Waals surface area contributed by atoms with Crippen molar-refractivity contribution in [2.45, 2.75) is 26.8 Å². The van der Waals surface area contributed by atoms with Crippen molar-refractivity contribution in [2.24, 2.45) is 4.99 Å². The summed E-state index contributed by atoms with van der Waals surface area (Å²) < 4.78 is 36.3. The summed E-state index contributed by atoms with van der Waals surface area (Å²) in [4.78, 5) is 4.38. The van der Waals surface area contributed by atoms with Gasteiger partial charge in [-0.1, -0.05) is 12.1 Å². The molecule has 0 bridgehead atoms. The number of nitrogens with zero attached hydrogens (tertiary/aromatic N) is 1. The van der Waals surface area contributed by atoms with Crippen LogP contribution in [0.3, 0.4) is 0 Å². The average molecular weight is 397 g/mol. The molecule has 0 saturated carbocycles. The highest BCUT2D eigenvalue weighted by molar-refractivity contribution is 7.88. The minimum Gasteiger partial charge on any atom is -0.490 e. The van der Waals surface area contributed by atoms with E-state index in [4.69, 9.17) is 9.15 Å². The van der Waals surface area contributed by atoms with Crippen LogP contribution >= 0.6 is 0 Å². The number of fused-ring (bicyclic) bond motifs is 1. The smallest absolute Gasteiger partial charge is 0.208 e. The van der Waals surface area contributed by atoms with E-state index in [0.29, 0.717) is 25.7 Å². The molecule has 2 aromatic rings. The summed E-state index contributed by atoms with van der Waals surface area (Å²) in [5.41, 5.74) is 0.724. The summed E-state index contributed by atoms with van der Waals surface area (Å²) in [7, 11) is -3.21. The molecule has 0 aliphatic rings. The maximum absolute atomic E-state index is 11.1. The summed E-state index contributed by atoms with van der Waals surface area (Å²) in [5.74, 6) is 2.07. The average Bonchev–Trinajstić information content (AvgIpc) is 3.03. The highest BCUT2D eigenvalue weighted by Gasteiger charge is 2.15. The first-order chi connectivity index (χ1) is 12.8. The van der Waals surface area contributed by atoms with Gasteiger partial charge in [-0.25, -0.2) is 13.1 Å². The molecule has 27 heavy (non-hydrogen) atoms. The lowest BCUT2D eigenvalue weighted by Crippen LogP contribution is -2.39. The largest absolute Gasteiger partial charge is 0.490 e. The van der Waals surface area contributed by atoms with Crippen LogP contribution in [0.2, 0.25) is 0 Å². The normalized spacial score (nSPS) is 13.6. The Kier molecular flexibility index (Phi) is 7.49. The Morgan fingerprint density at radius 1 is 1.33 bits per heavy atom. The third-order valence-electron chi connectivity index (χ3n) is 3.70. The Labute approximate surface area is 160 Å². The fraction of sp³-hybridized carbons (Fsp3) is 0.500. The van der Waals surface area contributed by atoms with Gasteiger partial charge in [0.25, 0.3) is 0 Å². The predicted octanol–water partition coefficient (Wildman–Crippen LogP) is 2.00. The van der Waals surface area contributed by atoms with Crippen LogP contribution in [0.1, 0.15) is 32.6 Å². The molecule has 0 saturated heterocycles. The summed E-state index contributed by atoms with van der Waals surface area (Å²) in [6, 6.07) is 7.65. The number of ether oxygens (including phenoxy) is 1. The Morgan fingerprint density at radius 2 is 2.11 bits per heavy atom. The van der Waals surface area contributed by atoms with E-state index in [0.717, 1.165) is 28.7 Å². The van der Waals surface area contributed by atoms with Crippen molar-refractivity contribution in [1.82, 2.24) is 15.4 Å². The van der Waals surface area contributed by atoms with Gasteiger partial charge in [0.2, 0.25) is 10.0 Å². The second kappa shape index (κ2) is 9.61. The molecule has 0 radical (unpaired) electrons. The van der Waals surface area contributed by atoms with Crippen molar-refractivity contribution < 1.29 is 17.6 Å². The van der Waals surface area contributed by atoms with Crippen LogP contribution in [-0.2, 0) is 10.0 Å². The van der Waals surface area contributed by atoms with E-state index in [9.17, 15) is 8.42 Å². The molecule has 9 heteroatoms. The van der Waals surface area contributed by atoms with E-state index in [1.54, 1.807) is 0 Å². The van der Waals surface area contributed by atoms with Gasteiger partial charge < -0.3 is 19.8 Å². The van der Waals surface area contributed by atoms with Gasteiger partial charge in [-0.05, 0) is 32.9 Å². The molecule has 1 aromatic carbocycles. The summed E-state index contributed by atoms with van der Waals surface area (Å²) in [6.45, 7) is 7.70. The number of hydrogen-bond acceptors (Lipinski definition) is 5. The van der Waals surface area contributed by atoms with Crippen molar-refractivity contribution in [3.8, 4) is 5.75 Å². The SMILES string of the molecule is CCNC(=NCCNS(C)(=O)=O)NC(C)c1cc2cccc(OCC)c2o1. The molecular weight excluding hydrogens is 368 g/mol. The second-order valence-electron chi connectivity index (χ2n) is 6.05. The predicted molar refractivity (Wildman–Crippen MR) is 108 cm³/mol. The van der Waals surface area contributed by atoms with E-state index >= 15 is 0 Å². The zero-order valence-electron chi connectivity index (χ0n) is 16.2. The third kappa shape index (κ3) is 6.44.